The van der Waals surface area contributed by atoms with Crippen LogP contribution in [0, 0.1) is 0 Å². The molecule has 2 aliphatic heterocycles. The van der Waals surface area contributed by atoms with E-state index in [1.54, 1.807) is 13.8 Å². The van der Waals surface area contributed by atoms with Crippen molar-refractivity contribution in [3.8, 4) is 0 Å². The molecule has 10 nitrogen and oxygen atoms in total. The first-order valence-electron chi connectivity index (χ1n) is 16.6. The van der Waals surface area contributed by atoms with Gasteiger partial charge in [0, 0.05) is 68.7 Å². The SMILES string of the molecule is CC1=CC(=O)N(CCCCCCCCCCCC(=O)O)C1=O.CC1=CC(=O)N(CCCCCCCCCCCC(=O)O)C1=O.[Zn]. The summed E-state index contributed by atoms with van der Waals surface area (Å²) in [5.74, 6) is -2.06. The predicted octanol–water partition coefficient (Wildman–Crippen LogP) is 6.57. The summed E-state index contributed by atoms with van der Waals surface area (Å²) >= 11 is 0. The van der Waals surface area contributed by atoms with Crippen LogP contribution in [0.4, 0.5) is 0 Å². The third-order valence-electron chi connectivity index (χ3n) is 7.92. The number of carboxylic acid groups (broad SMARTS) is 2. The Balaban J connectivity index is 0.000000842. The number of rotatable bonds is 24. The van der Waals surface area contributed by atoms with Crippen LogP contribution in [-0.2, 0) is 48.2 Å². The number of aliphatic carboxylic acids is 2. The van der Waals surface area contributed by atoms with E-state index >= 15 is 0 Å². The van der Waals surface area contributed by atoms with Crippen LogP contribution in [0.2, 0.25) is 0 Å². The zero-order valence-electron chi connectivity index (χ0n) is 27.7. The topological polar surface area (TPSA) is 149 Å². The van der Waals surface area contributed by atoms with Crippen molar-refractivity contribution in [3.05, 3.63) is 23.3 Å². The smallest absolute Gasteiger partial charge is 0.303 e. The molecule has 0 aromatic heterocycles. The Morgan fingerprint density at radius 1 is 0.489 bits per heavy atom. The fourth-order valence-electron chi connectivity index (χ4n) is 5.27. The van der Waals surface area contributed by atoms with Crippen molar-refractivity contribution in [3.63, 3.8) is 0 Å². The van der Waals surface area contributed by atoms with E-state index in [1.807, 2.05) is 0 Å². The van der Waals surface area contributed by atoms with Gasteiger partial charge in [0.1, 0.15) is 0 Å². The standard InChI is InChI=1S/2C17H27NO4.Zn/c2*1-14-13-15(19)18(17(14)22)12-10-8-6-4-2-3-5-7-9-11-16(20)21;/h2*13H,2-12H2,1H3,(H,20,21);. The molecule has 0 atom stereocenters. The number of imide groups is 2. The Bertz CT molecular complexity index is 944. The summed E-state index contributed by atoms with van der Waals surface area (Å²) in [6.07, 6.45) is 22.2. The minimum absolute atomic E-state index is 0. The maximum Gasteiger partial charge on any atom is 0.303 e. The number of carbonyl (C=O) groups is 6. The molecule has 0 radical (unpaired) electrons. The average Bonchev–Trinajstić information content (AvgIpc) is 3.36. The van der Waals surface area contributed by atoms with Gasteiger partial charge < -0.3 is 10.2 Å². The van der Waals surface area contributed by atoms with Crippen LogP contribution in [0.5, 0.6) is 0 Å². The number of hydrogen-bond donors (Lipinski definition) is 2. The van der Waals surface area contributed by atoms with E-state index in [0.29, 0.717) is 24.2 Å². The molecule has 4 amide bonds. The molecule has 0 spiro atoms. The zero-order chi connectivity index (χ0) is 32.7. The summed E-state index contributed by atoms with van der Waals surface area (Å²) in [6, 6.07) is 0. The number of carboxylic acids is 2. The van der Waals surface area contributed by atoms with E-state index in [9.17, 15) is 28.8 Å². The largest absolute Gasteiger partial charge is 0.481 e. The second-order valence-electron chi connectivity index (χ2n) is 11.9. The number of nitrogens with zero attached hydrogens (tertiary/aromatic N) is 2. The van der Waals surface area contributed by atoms with Crippen molar-refractivity contribution in [2.24, 2.45) is 0 Å². The average molecular weight is 684 g/mol. The molecule has 2 heterocycles. The molecule has 2 rings (SSSR count). The molecule has 0 saturated heterocycles. The predicted molar refractivity (Wildman–Crippen MR) is 169 cm³/mol. The molecule has 45 heavy (non-hydrogen) atoms. The number of unbranched alkanes of at least 4 members (excludes halogenated alkanes) is 16. The van der Waals surface area contributed by atoms with Crippen LogP contribution in [-0.4, -0.2) is 68.7 Å². The van der Waals surface area contributed by atoms with E-state index in [1.165, 1.54) is 34.8 Å². The van der Waals surface area contributed by atoms with Crippen molar-refractivity contribution >= 4 is 35.6 Å². The van der Waals surface area contributed by atoms with E-state index in [0.717, 1.165) is 103 Å². The third-order valence-corrected chi connectivity index (χ3v) is 7.92. The first kappa shape index (κ1) is 42.3. The van der Waals surface area contributed by atoms with Crippen LogP contribution < -0.4 is 0 Å². The number of carbonyl (C=O) groups excluding carboxylic acids is 4. The van der Waals surface area contributed by atoms with E-state index < -0.39 is 11.9 Å². The Labute approximate surface area is 281 Å². The Kier molecular flexibility index (Phi) is 24.0. The Morgan fingerprint density at radius 3 is 0.956 bits per heavy atom. The van der Waals surface area contributed by atoms with Gasteiger partial charge in [-0.15, -0.1) is 0 Å². The minimum atomic E-state index is -0.708. The van der Waals surface area contributed by atoms with Gasteiger partial charge in [0.15, 0.2) is 0 Å². The summed E-state index contributed by atoms with van der Waals surface area (Å²) in [7, 11) is 0. The summed E-state index contributed by atoms with van der Waals surface area (Å²) < 4.78 is 0. The van der Waals surface area contributed by atoms with Crippen LogP contribution in [0.25, 0.3) is 0 Å². The van der Waals surface area contributed by atoms with Gasteiger partial charge in [-0.3, -0.25) is 38.6 Å². The van der Waals surface area contributed by atoms with Crippen LogP contribution in [0.3, 0.4) is 0 Å². The van der Waals surface area contributed by atoms with Gasteiger partial charge in [0.25, 0.3) is 23.6 Å². The van der Waals surface area contributed by atoms with Gasteiger partial charge >= 0.3 is 11.9 Å². The first-order valence-corrected chi connectivity index (χ1v) is 16.6. The molecule has 2 aliphatic rings. The first-order chi connectivity index (χ1) is 21.0. The molecule has 0 aromatic rings. The van der Waals surface area contributed by atoms with Gasteiger partial charge in [-0.05, 0) is 39.5 Å². The number of hydrogen-bond acceptors (Lipinski definition) is 6. The van der Waals surface area contributed by atoms with Gasteiger partial charge in [-0.2, -0.15) is 0 Å². The van der Waals surface area contributed by atoms with Gasteiger partial charge in [0.05, 0.1) is 0 Å². The maximum atomic E-state index is 11.6. The van der Waals surface area contributed by atoms with Crippen LogP contribution >= 0.6 is 0 Å². The summed E-state index contributed by atoms with van der Waals surface area (Å²) in [5, 5.41) is 17.0. The quantitative estimate of drug-likeness (QED) is 0.0659. The molecule has 0 aromatic carbocycles. The van der Waals surface area contributed by atoms with Crippen molar-refractivity contribution in [2.45, 2.75) is 142 Å². The van der Waals surface area contributed by atoms with Crippen molar-refractivity contribution < 1.29 is 58.5 Å². The summed E-state index contributed by atoms with van der Waals surface area (Å²) in [5.41, 5.74) is 1.07. The van der Waals surface area contributed by atoms with Gasteiger partial charge in [-0.25, -0.2) is 0 Å². The van der Waals surface area contributed by atoms with Gasteiger partial charge in [-0.1, -0.05) is 89.9 Å². The minimum Gasteiger partial charge on any atom is -0.481 e. The molecular weight excluding hydrogens is 630 g/mol. The van der Waals surface area contributed by atoms with Crippen LogP contribution in [0.15, 0.2) is 23.3 Å². The molecule has 250 valence electrons. The fourth-order valence-corrected chi connectivity index (χ4v) is 5.27. The second-order valence-corrected chi connectivity index (χ2v) is 11.9. The molecule has 0 bridgehead atoms. The Morgan fingerprint density at radius 2 is 0.733 bits per heavy atom. The number of amides is 4. The normalized spacial score (nSPS) is 14.3. The van der Waals surface area contributed by atoms with E-state index in [-0.39, 0.29) is 55.9 Å². The molecule has 2 N–H and O–H groups in total. The van der Waals surface area contributed by atoms with E-state index in [2.05, 4.69) is 0 Å². The molecule has 0 saturated carbocycles. The molecular formula is C34H54N2O8Zn. The van der Waals surface area contributed by atoms with Crippen LogP contribution in [0.1, 0.15) is 142 Å². The summed E-state index contributed by atoms with van der Waals surface area (Å²) in [6.45, 7) is 4.41. The van der Waals surface area contributed by atoms with Gasteiger partial charge in [0.2, 0.25) is 0 Å². The fraction of sp³-hybridized carbons (Fsp3) is 0.706. The van der Waals surface area contributed by atoms with E-state index in [4.69, 9.17) is 10.2 Å². The molecule has 11 heteroatoms. The van der Waals surface area contributed by atoms with Crippen molar-refractivity contribution in [2.75, 3.05) is 13.1 Å². The zero-order valence-corrected chi connectivity index (χ0v) is 30.6. The molecule has 0 fully saturated rings. The monoisotopic (exact) mass is 682 g/mol. The third kappa shape index (κ3) is 19.4. The molecule has 0 unspecified atom stereocenters. The Hall–Kier alpha value is -2.68. The second kappa shape index (κ2) is 25.5. The van der Waals surface area contributed by atoms with Crippen molar-refractivity contribution in [1.29, 1.82) is 0 Å². The van der Waals surface area contributed by atoms with Crippen molar-refractivity contribution in [1.82, 2.24) is 9.80 Å². The molecule has 0 aliphatic carbocycles. The summed E-state index contributed by atoms with van der Waals surface area (Å²) in [4.78, 5) is 69.7. The maximum absolute atomic E-state index is 11.6.